The van der Waals surface area contributed by atoms with Gasteiger partial charge in [-0.05, 0) is 31.0 Å². The maximum Gasteiger partial charge on any atom is 0.358 e. The van der Waals surface area contributed by atoms with Gasteiger partial charge in [0.1, 0.15) is 0 Å². The van der Waals surface area contributed by atoms with Crippen LogP contribution in [0.1, 0.15) is 27.4 Å². The van der Waals surface area contributed by atoms with E-state index in [-0.39, 0.29) is 5.69 Å². The lowest BCUT2D eigenvalue weighted by Gasteiger charge is -2.05. The summed E-state index contributed by atoms with van der Waals surface area (Å²) in [5.74, 6) is -0.544. The molecule has 2 N–H and O–H groups in total. The van der Waals surface area contributed by atoms with Crippen LogP contribution < -0.4 is 5.32 Å². The molecule has 0 amide bonds. The Morgan fingerprint density at radius 2 is 2.21 bits per heavy atom. The van der Waals surface area contributed by atoms with Crippen molar-refractivity contribution >= 4 is 5.97 Å². The third kappa shape index (κ3) is 3.66. The van der Waals surface area contributed by atoms with Crippen LogP contribution in [-0.4, -0.2) is 22.8 Å². The number of carbonyl (C=O) groups is 1. The maximum absolute atomic E-state index is 10.6. The number of aromatic nitrogens is 1. The quantitative estimate of drug-likeness (QED) is 0.777. The van der Waals surface area contributed by atoms with Crippen molar-refractivity contribution in [2.24, 2.45) is 0 Å². The summed E-state index contributed by atoms with van der Waals surface area (Å²) in [6.07, 6.45) is 0.923. The summed E-state index contributed by atoms with van der Waals surface area (Å²) in [6, 6.07) is 9.67. The monoisotopic (exact) mass is 260 g/mol. The minimum absolute atomic E-state index is 0.0595. The summed E-state index contributed by atoms with van der Waals surface area (Å²) in [5.41, 5.74) is 2.52. The minimum Gasteiger partial charge on any atom is -0.476 e. The van der Waals surface area contributed by atoms with Gasteiger partial charge in [-0.2, -0.15) is 0 Å². The predicted octanol–water partition coefficient (Wildman–Crippen LogP) is 2.01. The number of aryl methyl sites for hydroxylation is 1. The Labute approximate surface area is 111 Å². The number of carboxylic acid groups (broad SMARTS) is 1. The number of benzene rings is 1. The van der Waals surface area contributed by atoms with Gasteiger partial charge < -0.3 is 14.9 Å². The standard InChI is InChI=1S/C14H16N2O3/c1-10-4-2-3-5-11(10)6-7-15-9-12-8-13(14(17)18)16-19-12/h2-5,8,15H,6-7,9H2,1H3,(H,17,18). The molecule has 1 aromatic carbocycles. The molecule has 5 nitrogen and oxygen atoms in total. The lowest BCUT2D eigenvalue weighted by Crippen LogP contribution is -2.16. The molecular weight excluding hydrogens is 244 g/mol. The molecule has 0 saturated carbocycles. The third-order valence-corrected chi connectivity index (χ3v) is 2.91. The van der Waals surface area contributed by atoms with Gasteiger partial charge in [-0.3, -0.25) is 0 Å². The second-order valence-electron chi connectivity index (χ2n) is 4.34. The lowest BCUT2D eigenvalue weighted by molar-refractivity contribution is 0.0685. The number of hydrogen-bond donors (Lipinski definition) is 2. The third-order valence-electron chi connectivity index (χ3n) is 2.91. The molecular formula is C14H16N2O3. The molecule has 0 spiro atoms. The van der Waals surface area contributed by atoms with Crippen LogP contribution in [0.5, 0.6) is 0 Å². The van der Waals surface area contributed by atoms with Crippen LogP contribution in [0.15, 0.2) is 34.9 Å². The summed E-state index contributed by atoms with van der Waals surface area (Å²) in [4.78, 5) is 10.6. The van der Waals surface area contributed by atoms with Crippen molar-refractivity contribution in [3.8, 4) is 0 Å². The molecule has 5 heteroatoms. The number of nitrogens with zero attached hydrogens (tertiary/aromatic N) is 1. The summed E-state index contributed by atoms with van der Waals surface area (Å²) in [6.45, 7) is 3.37. The molecule has 0 unspecified atom stereocenters. The molecule has 0 saturated heterocycles. The Balaban J connectivity index is 1.77. The van der Waals surface area contributed by atoms with E-state index in [4.69, 9.17) is 9.63 Å². The van der Waals surface area contributed by atoms with Crippen LogP contribution in [-0.2, 0) is 13.0 Å². The van der Waals surface area contributed by atoms with E-state index < -0.39 is 5.97 Å². The Morgan fingerprint density at radius 3 is 2.89 bits per heavy atom. The summed E-state index contributed by atoms with van der Waals surface area (Å²) >= 11 is 0. The molecule has 0 aliphatic carbocycles. The van der Waals surface area contributed by atoms with Gasteiger partial charge in [0.2, 0.25) is 0 Å². The van der Waals surface area contributed by atoms with Crippen LogP contribution in [0.25, 0.3) is 0 Å². The Hall–Kier alpha value is -2.14. The second kappa shape index (κ2) is 6.15. The highest BCUT2D eigenvalue weighted by Crippen LogP contribution is 2.07. The molecule has 0 aliphatic rings. The van der Waals surface area contributed by atoms with Gasteiger partial charge in [0.15, 0.2) is 11.5 Å². The predicted molar refractivity (Wildman–Crippen MR) is 70.1 cm³/mol. The van der Waals surface area contributed by atoms with E-state index in [0.717, 1.165) is 13.0 Å². The van der Waals surface area contributed by atoms with Gasteiger partial charge in [0.05, 0.1) is 6.54 Å². The van der Waals surface area contributed by atoms with E-state index in [1.165, 1.54) is 17.2 Å². The normalized spacial score (nSPS) is 10.6. The van der Waals surface area contributed by atoms with Crippen LogP contribution in [0.4, 0.5) is 0 Å². The van der Waals surface area contributed by atoms with E-state index in [2.05, 4.69) is 29.5 Å². The summed E-state index contributed by atoms with van der Waals surface area (Å²) < 4.78 is 4.91. The van der Waals surface area contributed by atoms with Crippen LogP contribution >= 0.6 is 0 Å². The van der Waals surface area contributed by atoms with Crippen LogP contribution in [0.2, 0.25) is 0 Å². The zero-order valence-corrected chi connectivity index (χ0v) is 10.7. The highest BCUT2D eigenvalue weighted by atomic mass is 16.5. The first kappa shape index (κ1) is 13.3. The number of nitrogens with one attached hydrogen (secondary N) is 1. The number of aromatic carboxylic acids is 1. The molecule has 100 valence electrons. The Kier molecular flexibility index (Phi) is 4.30. The van der Waals surface area contributed by atoms with Crippen molar-refractivity contribution in [2.75, 3.05) is 6.54 Å². The largest absolute Gasteiger partial charge is 0.476 e. The van der Waals surface area contributed by atoms with E-state index in [9.17, 15) is 4.79 Å². The van der Waals surface area contributed by atoms with Gasteiger partial charge in [-0.25, -0.2) is 4.79 Å². The SMILES string of the molecule is Cc1ccccc1CCNCc1cc(C(=O)O)no1. The molecule has 0 radical (unpaired) electrons. The second-order valence-corrected chi connectivity index (χ2v) is 4.34. The fourth-order valence-corrected chi connectivity index (χ4v) is 1.82. The maximum atomic E-state index is 10.6. The molecule has 19 heavy (non-hydrogen) atoms. The van der Waals surface area contributed by atoms with Gasteiger partial charge in [0, 0.05) is 6.07 Å². The number of hydrogen-bond acceptors (Lipinski definition) is 4. The van der Waals surface area contributed by atoms with E-state index in [0.29, 0.717) is 12.3 Å². The van der Waals surface area contributed by atoms with Crippen molar-refractivity contribution in [2.45, 2.75) is 19.9 Å². The van der Waals surface area contributed by atoms with Crippen molar-refractivity contribution in [3.63, 3.8) is 0 Å². The molecule has 0 bridgehead atoms. The summed E-state index contributed by atoms with van der Waals surface area (Å²) in [5, 5.41) is 15.4. The van der Waals surface area contributed by atoms with Crippen molar-refractivity contribution < 1.29 is 14.4 Å². The molecule has 2 aromatic rings. The van der Waals surface area contributed by atoms with Crippen molar-refractivity contribution in [1.29, 1.82) is 0 Å². The van der Waals surface area contributed by atoms with Gasteiger partial charge >= 0.3 is 5.97 Å². The molecule has 1 heterocycles. The van der Waals surface area contributed by atoms with E-state index in [1.807, 2.05) is 12.1 Å². The first-order valence-electron chi connectivity index (χ1n) is 6.11. The molecule has 0 aliphatic heterocycles. The topological polar surface area (TPSA) is 75.4 Å². The van der Waals surface area contributed by atoms with Crippen molar-refractivity contribution in [3.05, 3.63) is 52.9 Å². The Bertz CT molecular complexity index is 563. The molecule has 1 aromatic heterocycles. The first-order chi connectivity index (χ1) is 9.16. The first-order valence-corrected chi connectivity index (χ1v) is 6.11. The average Bonchev–Trinajstić information content (AvgIpc) is 2.85. The van der Waals surface area contributed by atoms with Crippen LogP contribution in [0, 0.1) is 6.92 Å². The van der Waals surface area contributed by atoms with Gasteiger partial charge in [-0.15, -0.1) is 0 Å². The highest BCUT2D eigenvalue weighted by molar-refractivity contribution is 5.85. The van der Waals surface area contributed by atoms with E-state index in [1.54, 1.807) is 0 Å². The Morgan fingerprint density at radius 1 is 1.42 bits per heavy atom. The fourth-order valence-electron chi connectivity index (χ4n) is 1.82. The summed E-state index contributed by atoms with van der Waals surface area (Å²) in [7, 11) is 0. The average molecular weight is 260 g/mol. The van der Waals surface area contributed by atoms with Gasteiger partial charge in [0.25, 0.3) is 0 Å². The van der Waals surface area contributed by atoms with Gasteiger partial charge in [-0.1, -0.05) is 29.4 Å². The lowest BCUT2D eigenvalue weighted by atomic mass is 10.1. The molecule has 0 fully saturated rings. The number of carboxylic acids is 1. The molecule has 2 rings (SSSR count). The number of rotatable bonds is 6. The fraction of sp³-hybridized carbons (Fsp3) is 0.286. The minimum atomic E-state index is -1.07. The molecule has 0 atom stereocenters. The zero-order valence-electron chi connectivity index (χ0n) is 10.7. The van der Waals surface area contributed by atoms with Crippen molar-refractivity contribution in [1.82, 2.24) is 10.5 Å². The van der Waals surface area contributed by atoms with Crippen LogP contribution in [0.3, 0.4) is 0 Å². The smallest absolute Gasteiger partial charge is 0.358 e. The highest BCUT2D eigenvalue weighted by Gasteiger charge is 2.09. The van der Waals surface area contributed by atoms with E-state index >= 15 is 0 Å². The zero-order chi connectivity index (χ0) is 13.7.